The van der Waals surface area contributed by atoms with Gasteiger partial charge in [-0.1, -0.05) is 31.2 Å². The standard InChI is InChI=1S/C27H31FN6O7S2/c1-16(2)24(25(35)30-22(26(36)39-3)12-17-4-6-19(7-5-17)40-11-10-28)34-14-18(32-33-34)15-41-20-8-9-21-23(13-20)42-27(31-21)43(29,37)38/h4-9,13-14,16,22,24H,10-12,15H2,1-3H3,(H,30,35)(H2,29,37,38). The first-order valence-electron chi connectivity index (χ1n) is 13.1. The number of nitrogens with zero attached hydrogens (tertiary/aromatic N) is 4. The first kappa shape index (κ1) is 31.8. The third-order valence-corrected chi connectivity index (χ3v) is 8.56. The molecule has 4 rings (SSSR count). The number of nitrogens with two attached hydrogens (primary N) is 1. The number of thiazole rings is 1. The minimum absolute atomic E-state index is 0.0224. The zero-order valence-corrected chi connectivity index (χ0v) is 25.2. The van der Waals surface area contributed by atoms with Crippen LogP contribution in [0.1, 0.15) is 31.1 Å². The minimum atomic E-state index is -3.91. The van der Waals surface area contributed by atoms with Crippen molar-refractivity contribution in [1.29, 1.82) is 0 Å². The van der Waals surface area contributed by atoms with Gasteiger partial charge < -0.3 is 19.5 Å². The molecule has 0 aliphatic carbocycles. The maximum absolute atomic E-state index is 13.4. The summed E-state index contributed by atoms with van der Waals surface area (Å²) in [6.45, 7) is 3.04. The van der Waals surface area contributed by atoms with Gasteiger partial charge >= 0.3 is 5.97 Å². The summed E-state index contributed by atoms with van der Waals surface area (Å²) in [6.07, 6.45) is 1.74. The fraction of sp³-hybridized carbons (Fsp3) is 0.370. The van der Waals surface area contributed by atoms with Gasteiger partial charge in [0.15, 0.2) is 0 Å². The Hall–Kier alpha value is -4.15. The van der Waals surface area contributed by atoms with E-state index in [4.69, 9.17) is 19.3 Å². The second-order valence-electron chi connectivity index (χ2n) is 9.79. The number of hydrogen-bond donors (Lipinski definition) is 2. The Bertz CT molecular complexity index is 1670. The molecule has 0 saturated carbocycles. The van der Waals surface area contributed by atoms with Gasteiger partial charge in [-0.05, 0) is 41.8 Å². The molecular weight excluding hydrogens is 603 g/mol. The normalized spacial score (nSPS) is 13.1. The molecule has 4 aromatic rings. The van der Waals surface area contributed by atoms with E-state index in [0.29, 0.717) is 27.4 Å². The van der Waals surface area contributed by atoms with Gasteiger partial charge in [-0.2, -0.15) is 0 Å². The predicted octanol–water partition coefficient (Wildman–Crippen LogP) is 2.56. The van der Waals surface area contributed by atoms with Crippen molar-refractivity contribution in [3.63, 3.8) is 0 Å². The summed E-state index contributed by atoms with van der Waals surface area (Å²) in [5.41, 5.74) is 1.65. The summed E-state index contributed by atoms with van der Waals surface area (Å²) >= 11 is 0.935. The highest BCUT2D eigenvalue weighted by Gasteiger charge is 2.30. The molecule has 0 fully saturated rings. The lowest BCUT2D eigenvalue weighted by atomic mass is 10.0. The molecule has 2 aromatic heterocycles. The van der Waals surface area contributed by atoms with Crippen molar-refractivity contribution in [3.05, 3.63) is 59.9 Å². The molecule has 0 radical (unpaired) electrons. The molecule has 2 aromatic carbocycles. The average molecular weight is 635 g/mol. The summed E-state index contributed by atoms with van der Waals surface area (Å²) in [6, 6.07) is 9.92. The van der Waals surface area contributed by atoms with Gasteiger partial charge in [-0.25, -0.2) is 32.4 Å². The molecule has 43 heavy (non-hydrogen) atoms. The smallest absolute Gasteiger partial charge is 0.328 e. The highest BCUT2D eigenvalue weighted by Crippen LogP contribution is 2.28. The Morgan fingerprint density at radius 1 is 1.12 bits per heavy atom. The third-order valence-electron chi connectivity index (χ3n) is 6.22. The van der Waals surface area contributed by atoms with E-state index in [1.54, 1.807) is 48.7 Å². The van der Waals surface area contributed by atoms with Gasteiger partial charge in [0.2, 0.25) is 10.2 Å². The summed E-state index contributed by atoms with van der Waals surface area (Å²) < 4.78 is 53.3. The fourth-order valence-electron chi connectivity index (χ4n) is 4.20. The number of esters is 1. The Balaban J connectivity index is 1.42. The van der Waals surface area contributed by atoms with Crippen molar-refractivity contribution in [2.24, 2.45) is 11.1 Å². The summed E-state index contributed by atoms with van der Waals surface area (Å²) in [5, 5.41) is 16.2. The maximum atomic E-state index is 13.4. The SMILES string of the molecule is COC(=O)C(Cc1ccc(OCCF)cc1)NC(=O)C(C(C)C)n1cc(COc2ccc3nc(S(N)(=O)=O)sc3c2)nn1. The van der Waals surface area contributed by atoms with E-state index >= 15 is 0 Å². The summed E-state index contributed by atoms with van der Waals surface area (Å²) in [4.78, 5) is 30.0. The Morgan fingerprint density at radius 2 is 1.84 bits per heavy atom. The number of benzene rings is 2. The number of ether oxygens (including phenoxy) is 3. The highest BCUT2D eigenvalue weighted by molar-refractivity contribution is 7.91. The molecule has 2 heterocycles. The zero-order valence-electron chi connectivity index (χ0n) is 23.6. The second-order valence-corrected chi connectivity index (χ2v) is 12.6. The number of carbonyl (C=O) groups is 2. The molecule has 1 amide bonds. The summed E-state index contributed by atoms with van der Waals surface area (Å²) in [7, 11) is -2.67. The first-order chi connectivity index (χ1) is 20.5. The molecule has 3 N–H and O–H groups in total. The van der Waals surface area contributed by atoms with Crippen LogP contribution in [-0.4, -0.2) is 66.7 Å². The Kier molecular flexibility index (Phi) is 10.3. The van der Waals surface area contributed by atoms with Gasteiger partial charge in [-0.3, -0.25) is 4.79 Å². The Morgan fingerprint density at radius 3 is 2.49 bits per heavy atom. The number of nitrogens with one attached hydrogen (secondary N) is 1. The first-order valence-corrected chi connectivity index (χ1v) is 15.5. The number of amides is 1. The van der Waals surface area contributed by atoms with E-state index < -0.39 is 40.7 Å². The number of aromatic nitrogens is 4. The quantitative estimate of drug-likeness (QED) is 0.196. The molecule has 0 spiro atoms. The van der Waals surface area contributed by atoms with Crippen molar-refractivity contribution in [2.45, 2.75) is 43.3 Å². The van der Waals surface area contributed by atoms with Crippen LogP contribution in [-0.2, 0) is 37.4 Å². The lowest BCUT2D eigenvalue weighted by molar-refractivity contribution is -0.145. The van der Waals surface area contributed by atoms with E-state index in [0.717, 1.165) is 16.9 Å². The molecule has 13 nitrogen and oxygen atoms in total. The van der Waals surface area contributed by atoms with E-state index in [1.807, 2.05) is 13.8 Å². The van der Waals surface area contributed by atoms with Crippen LogP contribution in [0, 0.1) is 5.92 Å². The predicted molar refractivity (Wildman–Crippen MR) is 155 cm³/mol. The van der Waals surface area contributed by atoms with E-state index in [2.05, 4.69) is 20.6 Å². The molecular formula is C27H31FN6O7S2. The molecule has 0 aliphatic heterocycles. The van der Waals surface area contributed by atoms with Gasteiger partial charge in [0, 0.05) is 6.42 Å². The number of primary sulfonamides is 1. The molecule has 0 bridgehead atoms. The van der Waals surface area contributed by atoms with Gasteiger partial charge in [0.25, 0.3) is 10.0 Å². The summed E-state index contributed by atoms with van der Waals surface area (Å²) in [5.74, 6) is -0.344. The van der Waals surface area contributed by atoms with Crippen LogP contribution >= 0.6 is 11.3 Å². The molecule has 0 saturated heterocycles. The van der Waals surface area contributed by atoms with E-state index in [9.17, 15) is 22.4 Å². The van der Waals surface area contributed by atoms with Crippen LogP contribution < -0.4 is 19.9 Å². The van der Waals surface area contributed by atoms with Crippen LogP contribution in [0.4, 0.5) is 4.39 Å². The topological polar surface area (TPSA) is 178 Å². The number of fused-ring (bicyclic) bond motifs is 1. The molecule has 230 valence electrons. The van der Waals surface area contributed by atoms with Crippen LogP contribution in [0.5, 0.6) is 11.5 Å². The van der Waals surface area contributed by atoms with Gasteiger partial charge in [0.1, 0.15) is 49.2 Å². The maximum Gasteiger partial charge on any atom is 0.328 e. The number of alkyl halides is 1. The number of carbonyl (C=O) groups excluding carboxylic acids is 2. The van der Waals surface area contributed by atoms with Crippen LogP contribution in [0.3, 0.4) is 0 Å². The van der Waals surface area contributed by atoms with Gasteiger partial charge in [-0.15, -0.1) is 16.4 Å². The molecule has 16 heteroatoms. The zero-order chi connectivity index (χ0) is 31.1. The molecule has 2 unspecified atom stereocenters. The molecule has 2 atom stereocenters. The molecule has 0 aliphatic rings. The number of sulfonamides is 1. The Labute approximate surface area is 251 Å². The average Bonchev–Trinajstić information content (AvgIpc) is 3.62. The second kappa shape index (κ2) is 13.9. The number of hydrogen-bond acceptors (Lipinski definition) is 11. The number of halogens is 1. The number of methoxy groups -OCH3 is 1. The van der Waals surface area contributed by atoms with Crippen molar-refractivity contribution in [3.8, 4) is 11.5 Å². The largest absolute Gasteiger partial charge is 0.491 e. The van der Waals surface area contributed by atoms with Crippen LogP contribution in [0.25, 0.3) is 10.2 Å². The van der Waals surface area contributed by atoms with Crippen molar-refractivity contribution in [2.75, 3.05) is 20.4 Å². The van der Waals surface area contributed by atoms with E-state index in [-0.39, 0.29) is 29.9 Å². The van der Waals surface area contributed by atoms with Crippen molar-refractivity contribution in [1.82, 2.24) is 25.3 Å². The van der Waals surface area contributed by atoms with Crippen molar-refractivity contribution >= 4 is 43.5 Å². The van der Waals surface area contributed by atoms with Crippen LogP contribution in [0.2, 0.25) is 0 Å². The minimum Gasteiger partial charge on any atom is -0.491 e. The lowest BCUT2D eigenvalue weighted by Crippen LogP contribution is -2.47. The van der Waals surface area contributed by atoms with Crippen LogP contribution in [0.15, 0.2) is 53.0 Å². The van der Waals surface area contributed by atoms with Crippen molar-refractivity contribution < 1.29 is 36.6 Å². The number of rotatable bonds is 14. The third kappa shape index (κ3) is 8.24. The lowest BCUT2D eigenvalue weighted by Gasteiger charge is -2.23. The van der Waals surface area contributed by atoms with Gasteiger partial charge in [0.05, 0.1) is 23.5 Å². The fourth-order valence-corrected chi connectivity index (χ4v) is 5.89. The monoisotopic (exact) mass is 634 g/mol. The highest BCUT2D eigenvalue weighted by atomic mass is 32.2. The van der Waals surface area contributed by atoms with E-state index in [1.165, 1.54) is 11.8 Å².